The average molecular weight is 366 g/mol. The van der Waals surface area contributed by atoms with E-state index in [-0.39, 0.29) is 6.10 Å². The predicted octanol–water partition coefficient (Wildman–Crippen LogP) is -1.62. The van der Waals surface area contributed by atoms with Crippen LogP contribution in [-0.4, -0.2) is 86.5 Å². The summed E-state index contributed by atoms with van der Waals surface area (Å²) < 4.78 is 15.5. The first-order valence-electron chi connectivity index (χ1n) is 7.88. The fourth-order valence-corrected chi connectivity index (χ4v) is 2.36. The Morgan fingerprint density at radius 3 is 2.24 bits per heavy atom. The molecule has 0 unspecified atom stereocenters. The Hall–Kier alpha value is -1.30. The van der Waals surface area contributed by atoms with Crippen LogP contribution in [0.4, 0.5) is 0 Å². The Morgan fingerprint density at radius 2 is 1.72 bits per heavy atom. The molecule has 1 fully saturated rings. The van der Waals surface area contributed by atoms with Crippen LogP contribution in [0.5, 0.6) is 0 Å². The highest BCUT2D eigenvalue weighted by Crippen LogP contribution is 2.24. The summed E-state index contributed by atoms with van der Waals surface area (Å²) in [4.78, 5) is 22.3. The molecular weight excluding hydrogens is 340 g/mol. The van der Waals surface area contributed by atoms with E-state index in [0.29, 0.717) is 0 Å². The largest absolute Gasteiger partial charge is 0.481 e. The van der Waals surface area contributed by atoms with Crippen LogP contribution < -0.4 is 0 Å². The van der Waals surface area contributed by atoms with Crippen LogP contribution in [0, 0.1) is 0 Å². The van der Waals surface area contributed by atoms with Crippen molar-refractivity contribution in [2.75, 3.05) is 6.61 Å². The van der Waals surface area contributed by atoms with E-state index in [9.17, 15) is 30.0 Å². The highest BCUT2D eigenvalue weighted by Gasteiger charge is 2.45. The number of aliphatic hydroxyl groups is 4. The number of rotatable bonds is 8. The van der Waals surface area contributed by atoms with Crippen LogP contribution in [0.3, 0.4) is 0 Å². The van der Waals surface area contributed by atoms with E-state index in [2.05, 4.69) is 0 Å². The zero-order chi connectivity index (χ0) is 19.4. The van der Waals surface area contributed by atoms with Gasteiger partial charge in [-0.3, -0.25) is 9.59 Å². The van der Waals surface area contributed by atoms with Crippen molar-refractivity contribution in [1.29, 1.82) is 0 Å². The summed E-state index contributed by atoms with van der Waals surface area (Å²) in [6.45, 7) is 4.09. The maximum atomic E-state index is 11.7. The van der Waals surface area contributed by atoms with Gasteiger partial charge in [-0.1, -0.05) is 0 Å². The summed E-state index contributed by atoms with van der Waals surface area (Å²) in [5, 5.41) is 48.1. The van der Waals surface area contributed by atoms with Gasteiger partial charge in [-0.15, -0.1) is 0 Å². The molecular formula is C15H26O10. The van der Waals surface area contributed by atoms with Crippen molar-refractivity contribution in [3.8, 4) is 0 Å². The molecule has 1 saturated heterocycles. The Bertz CT molecular complexity index is 463. The molecule has 0 radical (unpaired) electrons. The molecule has 25 heavy (non-hydrogen) atoms. The molecule has 1 rings (SSSR count). The molecule has 10 nitrogen and oxygen atoms in total. The number of ether oxygens (including phenoxy) is 3. The van der Waals surface area contributed by atoms with Gasteiger partial charge in [0, 0.05) is 0 Å². The molecule has 0 amide bonds. The predicted molar refractivity (Wildman–Crippen MR) is 81.4 cm³/mol. The number of aliphatic carboxylic acids is 1. The summed E-state index contributed by atoms with van der Waals surface area (Å²) in [6, 6.07) is 0. The molecule has 1 heterocycles. The number of hydrogen-bond donors (Lipinski definition) is 5. The summed E-state index contributed by atoms with van der Waals surface area (Å²) in [6.07, 6.45) is -8.45. The third kappa shape index (κ3) is 6.84. The lowest BCUT2D eigenvalue weighted by Gasteiger charge is -2.40. The number of carboxylic acid groups (broad SMARTS) is 1. The molecule has 146 valence electrons. The highest BCUT2D eigenvalue weighted by atomic mass is 16.7. The van der Waals surface area contributed by atoms with Crippen LogP contribution in [0.25, 0.3) is 0 Å². The van der Waals surface area contributed by atoms with Crippen molar-refractivity contribution in [3.63, 3.8) is 0 Å². The topological polar surface area (TPSA) is 163 Å². The minimum atomic E-state index is -1.78. The smallest absolute Gasteiger partial charge is 0.308 e. The minimum absolute atomic E-state index is 0.323. The average Bonchev–Trinajstić information content (AvgIpc) is 2.44. The summed E-state index contributed by atoms with van der Waals surface area (Å²) in [5.41, 5.74) is -1.78. The van der Waals surface area contributed by atoms with Gasteiger partial charge in [-0.25, -0.2) is 0 Å². The molecule has 10 heteroatoms. The molecule has 0 aliphatic carbocycles. The van der Waals surface area contributed by atoms with E-state index < -0.39 is 67.7 Å². The Kier molecular flexibility index (Phi) is 7.72. The molecule has 1 aliphatic heterocycles. The zero-order valence-corrected chi connectivity index (χ0v) is 14.4. The van der Waals surface area contributed by atoms with Crippen molar-refractivity contribution in [2.24, 2.45) is 0 Å². The quantitative estimate of drug-likeness (QED) is 0.315. The van der Waals surface area contributed by atoms with Crippen molar-refractivity contribution in [2.45, 2.75) is 76.0 Å². The van der Waals surface area contributed by atoms with Gasteiger partial charge in [0.2, 0.25) is 0 Å². The van der Waals surface area contributed by atoms with Gasteiger partial charge in [0.05, 0.1) is 24.5 Å². The van der Waals surface area contributed by atoms with Gasteiger partial charge < -0.3 is 39.7 Å². The van der Waals surface area contributed by atoms with Crippen molar-refractivity contribution in [1.82, 2.24) is 0 Å². The summed E-state index contributed by atoms with van der Waals surface area (Å²) in [5.74, 6) is -2.17. The molecule has 0 bridgehead atoms. The van der Waals surface area contributed by atoms with Crippen LogP contribution in [-0.2, 0) is 23.8 Å². The number of esters is 1. The van der Waals surface area contributed by atoms with E-state index in [1.807, 2.05) is 0 Å². The van der Waals surface area contributed by atoms with Gasteiger partial charge in [0.15, 0.2) is 6.29 Å². The monoisotopic (exact) mass is 366 g/mol. The van der Waals surface area contributed by atoms with Crippen LogP contribution >= 0.6 is 0 Å². The second kappa shape index (κ2) is 8.88. The maximum Gasteiger partial charge on any atom is 0.308 e. The van der Waals surface area contributed by atoms with Gasteiger partial charge >= 0.3 is 11.9 Å². The van der Waals surface area contributed by atoms with Gasteiger partial charge in [-0.2, -0.15) is 0 Å². The molecule has 1 aliphatic rings. The second-order valence-electron chi connectivity index (χ2n) is 6.63. The van der Waals surface area contributed by atoms with Crippen LogP contribution in [0.15, 0.2) is 0 Å². The molecule has 5 N–H and O–H groups in total. The SMILES string of the molecule is CC(C)O[C@@H]1O[C@@H](COC(=O)C[C@](C)(O)CC(=O)O)[C@@H](O)[C@@H](O)[C@H]1O. The molecule has 0 aromatic carbocycles. The number of carbonyl (C=O) groups excluding carboxylic acids is 1. The maximum absolute atomic E-state index is 11.7. The third-order valence-electron chi connectivity index (χ3n) is 3.54. The van der Waals surface area contributed by atoms with Crippen molar-refractivity contribution >= 4 is 11.9 Å². The highest BCUT2D eigenvalue weighted by molar-refractivity contribution is 5.73. The lowest BCUT2D eigenvalue weighted by Crippen LogP contribution is -2.59. The summed E-state index contributed by atoms with van der Waals surface area (Å²) >= 11 is 0. The fourth-order valence-electron chi connectivity index (χ4n) is 2.36. The Morgan fingerprint density at radius 1 is 1.12 bits per heavy atom. The van der Waals surface area contributed by atoms with Gasteiger partial charge in [0.25, 0.3) is 0 Å². The lowest BCUT2D eigenvalue weighted by atomic mass is 9.98. The number of carbonyl (C=O) groups is 2. The zero-order valence-electron chi connectivity index (χ0n) is 14.4. The summed E-state index contributed by atoms with van der Waals surface area (Å²) in [7, 11) is 0. The van der Waals surface area contributed by atoms with Gasteiger partial charge in [0.1, 0.15) is 31.0 Å². The normalized spacial score (nSPS) is 32.2. The molecule has 0 aromatic rings. The van der Waals surface area contributed by atoms with Crippen molar-refractivity contribution in [3.05, 3.63) is 0 Å². The van der Waals surface area contributed by atoms with E-state index in [4.69, 9.17) is 19.3 Å². The van der Waals surface area contributed by atoms with Crippen LogP contribution in [0.2, 0.25) is 0 Å². The number of hydrogen-bond acceptors (Lipinski definition) is 9. The first kappa shape index (κ1) is 21.7. The van der Waals surface area contributed by atoms with E-state index >= 15 is 0 Å². The Balaban J connectivity index is 2.59. The minimum Gasteiger partial charge on any atom is -0.481 e. The van der Waals surface area contributed by atoms with E-state index in [0.717, 1.165) is 0 Å². The first-order valence-corrected chi connectivity index (χ1v) is 7.88. The second-order valence-corrected chi connectivity index (χ2v) is 6.63. The molecule has 6 atom stereocenters. The van der Waals surface area contributed by atoms with E-state index in [1.165, 1.54) is 6.92 Å². The van der Waals surface area contributed by atoms with Crippen LogP contribution in [0.1, 0.15) is 33.6 Å². The van der Waals surface area contributed by atoms with Crippen molar-refractivity contribution < 1.29 is 49.3 Å². The molecule has 0 aromatic heterocycles. The number of carboxylic acids is 1. The molecule has 0 saturated carbocycles. The fraction of sp³-hybridized carbons (Fsp3) is 0.867. The lowest BCUT2D eigenvalue weighted by molar-refractivity contribution is -0.309. The van der Waals surface area contributed by atoms with E-state index in [1.54, 1.807) is 13.8 Å². The first-order chi connectivity index (χ1) is 11.4. The molecule has 0 spiro atoms. The Labute approximate surface area is 144 Å². The third-order valence-corrected chi connectivity index (χ3v) is 3.54. The number of aliphatic hydroxyl groups excluding tert-OH is 3. The van der Waals surface area contributed by atoms with Gasteiger partial charge in [-0.05, 0) is 20.8 Å². The standard InChI is InChI=1S/C15H26O10/c1-7(2)24-14-13(21)12(20)11(19)8(25-14)6-23-10(18)5-15(3,22)4-9(16)17/h7-8,11-14,19-22H,4-6H2,1-3H3,(H,16,17)/t8-,11+,12+,13+,14+,15+/m0/s1.